The molecule has 0 saturated carbocycles. The van der Waals surface area contributed by atoms with Gasteiger partial charge in [0.25, 0.3) is 5.91 Å². The van der Waals surface area contributed by atoms with Crippen LogP contribution in [0.15, 0.2) is 54.6 Å². The van der Waals surface area contributed by atoms with Crippen molar-refractivity contribution in [2.45, 2.75) is 6.61 Å². The SMILES string of the molecule is O=C(Nc1ccccc1CO)c1ccccc1. The standard InChI is InChI=1S/C14H13NO2/c16-10-12-8-4-5-9-13(12)15-14(17)11-6-2-1-3-7-11/h1-9,16H,10H2,(H,15,17). The average Bonchev–Trinajstić information content (AvgIpc) is 2.40. The van der Waals surface area contributed by atoms with Crippen LogP contribution in [0, 0.1) is 0 Å². The predicted molar refractivity (Wildman–Crippen MR) is 66.8 cm³/mol. The molecule has 86 valence electrons. The number of amides is 1. The number of benzene rings is 2. The van der Waals surface area contributed by atoms with Gasteiger partial charge in [0.2, 0.25) is 0 Å². The van der Waals surface area contributed by atoms with Crippen LogP contribution in [-0.4, -0.2) is 11.0 Å². The fraction of sp³-hybridized carbons (Fsp3) is 0.0714. The molecule has 17 heavy (non-hydrogen) atoms. The molecule has 0 aliphatic rings. The first-order valence-corrected chi connectivity index (χ1v) is 5.36. The second kappa shape index (κ2) is 5.27. The zero-order chi connectivity index (χ0) is 12.1. The fourth-order valence-electron chi connectivity index (χ4n) is 1.56. The maximum Gasteiger partial charge on any atom is 0.255 e. The van der Waals surface area contributed by atoms with Gasteiger partial charge in [-0.2, -0.15) is 0 Å². The van der Waals surface area contributed by atoms with Crippen molar-refractivity contribution < 1.29 is 9.90 Å². The Labute approximate surface area is 99.7 Å². The summed E-state index contributed by atoms with van der Waals surface area (Å²) in [7, 11) is 0. The predicted octanol–water partition coefficient (Wildman–Crippen LogP) is 2.43. The lowest BCUT2D eigenvalue weighted by atomic mass is 10.1. The van der Waals surface area contributed by atoms with E-state index in [2.05, 4.69) is 5.32 Å². The molecule has 0 aliphatic carbocycles. The highest BCUT2D eigenvalue weighted by atomic mass is 16.3. The van der Waals surface area contributed by atoms with E-state index in [1.54, 1.807) is 24.3 Å². The van der Waals surface area contributed by atoms with Crippen LogP contribution < -0.4 is 5.32 Å². The van der Waals surface area contributed by atoms with Gasteiger partial charge in [-0.15, -0.1) is 0 Å². The summed E-state index contributed by atoms with van der Waals surface area (Å²) in [5.41, 5.74) is 1.95. The van der Waals surface area contributed by atoms with Crippen molar-refractivity contribution in [3.05, 3.63) is 65.7 Å². The van der Waals surface area contributed by atoms with Crippen molar-refractivity contribution in [1.29, 1.82) is 0 Å². The number of para-hydroxylation sites is 1. The topological polar surface area (TPSA) is 49.3 Å². The van der Waals surface area contributed by atoms with E-state index in [4.69, 9.17) is 5.11 Å². The molecule has 3 heteroatoms. The largest absolute Gasteiger partial charge is 0.392 e. The van der Waals surface area contributed by atoms with E-state index in [9.17, 15) is 4.79 Å². The summed E-state index contributed by atoms with van der Waals surface area (Å²) >= 11 is 0. The second-order valence-electron chi connectivity index (χ2n) is 3.64. The number of rotatable bonds is 3. The lowest BCUT2D eigenvalue weighted by molar-refractivity contribution is 0.102. The van der Waals surface area contributed by atoms with Gasteiger partial charge < -0.3 is 10.4 Å². The van der Waals surface area contributed by atoms with E-state index in [1.165, 1.54) is 0 Å². The molecule has 3 nitrogen and oxygen atoms in total. The number of nitrogens with one attached hydrogen (secondary N) is 1. The maximum absolute atomic E-state index is 11.9. The number of aliphatic hydroxyl groups excluding tert-OH is 1. The Bertz CT molecular complexity index is 509. The summed E-state index contributed by atoms with van der Waals surface area (Å²) in [4.78, 5) is 11.9. The molecule has 1 amide bonds. The Morgan fingerprint density at radius 1 is 1.00 bits per heavy atom. The van der Waals surface area contributed by atoms with Crippen LogP contribution in [0.2, 0.25) is 0 Å². The highest BCUT2D eigenvalue weighted by molar-refractivity contribution is 6.04. The number of aliphatic hydroxyl groups is 1. The van der Waals surface area contributed by atoms with Crippen molar-refractivity contribution in [2.24, 2.45) is 0 Å². The van der Waals surface area contributed by atoms with E-state index in [0.29, 0.717) is 16.8 Å². The molecule has 0 heterocycles. The molecular formula is C14H13NO2. The number of hydrogen-bond donors (Lipinski definition) is 2. The lowest BCUT2D eigenvalue weighted by Gasteiger charge is -2.08. The molecule has 0 bridgehead atoms. The van der Waals surface area contributed by atoms with Crippen molar-refractivity contribution >= 4 is 11.6 Å². The van der Waals surface area contributed by atoms with Gasteiger partial charge in [0, 0.05) is 16.8 Å². The Morgan fingerprint density at radius 2 is 1.65 bits per heavy atom. The maximum atomic E-state index is 11.9. The fourth-order valence-corrected chi connectivity index (χ4v) is 1.56. The van der Waals surface area contributed by atoms with Crippen LogP contribution in [0.25, 0.3) is 0 Å². The summed E-state index contributed by atoms with van der Waals surface area (Å²) in [6.45, 7) is -0.0920. The minimum absolute atomic E-state index is 0.0920. The first-order chi connectivity index (χ1) is 8.31. The quantitative estimate of drug-likeness (QED) is 0.846. The van der Waals surface area contributed by atoms with Crippen LogP contribution in [0.4, 0.5) is 5.69 Å². The van der Waals surface area contributed by atoms with Crippen LogP contribution in [-0.2, 0) is 6.61 Å². The van der Waals surface area contributed by atoms with Crippen LogP contribution in [0.5, 0.6) is 0 Å². The van der Waals surface area contributed by atoms with Gasteiger partial charge in [-0.1, -0.05) is 36.4 Å². The normalized spacial score (nSPS) is 9.94. The molecule has 2 aromatic rings. The van der Waals surface area contributed by atoms with Crippen molar-refractivity contribution in [2.75, 3.05) is 5.32 Å². The van der Waals surface area contributed by atoms with Crippen molar-refractivity contribution in [3.63, 3.8) is 0 Å². The zero-order valence-corrected chi connectivity index (χ0v) is 9.26. The molecular weight excluding hydrogens is 214 g/mol. The van der Waals surface area contributed by atoms with E-state index in [0.717, 1.165) is 0 Å². The number of carbonyl (C=O) groups excluding carboxylic acids is 1. The number of carbonyl (C=O) groups is 1. The molecule has 0 aromatic heterocycles. The van der Waals surface area contributed by atoms with E-state index < -0.39 is 0 Å². The molecule has 0 spiro atoms. The molecule has 2 aromatic carbocycles. The summed E-state index contributed by atoms with van der Waals surface area (Å²) in [5.74, 6) is -0.175. The first-order valence-electron chi connectivity index (χ1n) is 5.36. The average molecular weight is 227 g/mol. The number of anilines is 1. The number of hydrogen-bond acceptors (Lipinski definition) is 2. The molecule has 0 saturated heterocycles. The van der Waals surface area contributed by atoms with E-state index in [1.807, 2.05) is 30.3 Å². The van der Waals surface area contributed by atoms with Crippen molar-refractivity contribution in [3.8, 4) is 0 Å². The van der Waals surface area contributed by atoms with Crippen molar-refractivity contribution in [1.82, 2.24) is 0 Å². The molecule has 2 N–H and O–H groups in total. The van der Waals surface area contributed by atoms with E-state index in [-0.39, 0.29) is 12.5 Å². The smallest absolute Gasteiger partial charge is 0.255 e. The minimum Gasteiger partial charge on any atom is -0.392 e. The van der Waals surface area contributed by atoms with Gasteiger partial charge >= 0.3 is 0 Å². The highest BCUT2D eigenvalue weighted by Crippen LogP contribution is 2.15. The third-order valence-electron chi connectivity index (χ3n) is 2.47. The van der Waals surface area contributed by atoms with Gasteiger partial charge in [-0.25, -0.2) is 0 Å². The van der Waals surface area contributed by atoms with Gasteiger partial charge in [0.15, 0.2) is 0 Å². The second-order valence-corrected chi connectivity index (χ2v) is 3.64. The Hall–Kier alpha value is -2.13. The summed E-state index contributed by atoms with van der Waals surface area (Å²) < 4.78 is 0. The minimum atomic E-state index is -0.175. The van der Waals surface area contributed by atoms with Crippen LogP contribution >= 0.6 is 0 Å². The molecule has 0 radical (unpaired) electrons. The molecule has 0 atom stereocenters. The van der Waals surface area contributed by atoms with Crippen LogP contribution in [0.1, 0.15) is 15.9 Å². The highest BCUT2D eigenvalue weighted by Gasteiger charge is 2.07. The van der Waals surface area contributed by atoms with Gasteiger partial charge in [-0.3, -0.25) is 4.79 Å². The third kappa shape index (κ3) is 2.71. The Kier molecular flexibility index (Phi) is 3.52. The van der Waals surface area contributed by atoms with E-state index >= 15 is 0 Å². The first kappa shape index (κ1) is 11.4. The third-order valence-corrected chi connectivity index (χ3v) is 2.47. The molecule has 0 aliphatic heterocycles. The Balaban J connectivity index is 2.19. The van der Waals surface area contributed by atoms with Gasteiger partial charge in [0.05, 0.1) is 6.61 Å². The van der Waals surface area contributed by atoms with Gasteiger partial charge in [0.1, 0.15) is 0 Å². The van der Waals surface area contributed by atoms with Gasteiger partial charge in [-0.05, 0) is 18.2 Å². The lowest BCUT2D eigenvalue weighted by Crippen LogP contribution is -2.13. The summed E-state index contributed by atoms with van der Waals surface area (Å²) in [6.07, 6.45) is 0. The Morgan fingerprint density at radius 3 is 2.35 bits per heavy atom. The molecule has 0 unspecified atom stereocenters. The molecule has 0 fully saturated rings. The zero-order valence-electron chi connectivity index (χ0n) is 9.26. The van der Waals surface area contributed by atoms with Crippen LogP contribution in [0.3, 0.4) is 0 Å². The monoisotopic (exact) mass is 227 g/mol. The summed E-state index contributed by atoms with van der Waals surface area (Å²) in [5, 5.41) is 11.9. The summed E-state index contributed by atoms with van der Waals surface area (Å²) in [6, 6.07) is 16.2. The molecule has 2 rings (SSSR count).